The number of hydrogen-bond donors (Lipinski definition) is 2. The van der Waals surface area contributed by atoms with E-state index >= 15 is 0 Å². The van der Waals surface area contributed by atoms with Crippen LogP contribution < -0.4 is 10.1 Å². The number of halogens is 6. The Bertz CT molecular complexity index is 2140. The average Bonchev–Trinajstić information content (AvgIpc) is 3.78. The number of aromatic nitrogens is 3. The fourth-order valence-corrected chi connectivity index (χ4v) is 7.06. The van der Waals surface area contributed by atoms with Gasteiger partial charge in [0.1, 0.15) is 29.3 Å². The molecule has 3 aromatic carbocycles. The number of carboxylic acid groups (broad SMARTS) is 1. The number of hydrogen-bond acceptors (Lipinski definition) is 10. The van der Waals surface area contributed by atoms with Crippen LogP contribution in [0, 0.1) is 0 Å². The van der Waals surface area contributed by atoms with Gasteiger partial charge in [0.05, 0.1) is 46.2 Å². The van der Waals surface area contributed by atoms with Crippen molar-refractivity contribution < 1.29 is 55.3 Å². The quantitative estimate of drug-likeness (QED) is 0.0907. The Hall–Kier alpha value is -5.31. The molecule has 2 saturated heterocycles. The topological polar surface area (TPSA) is 139 Å². The molecule has 2 aliphatic heterocycles. The van der Waals surface area contributed by atoms with Crippen molar-refractivity contribution in [3.05, 3.63) is 94.4 Å². The average molecular weight is 821 g/mol. The normalized spacial score (nSPS) is 16.1. The van der Waals surface area contributed by atoms with Crippen LogP contribution in [0.15, 0.2) is 72.2 Å². The van der Waals surface area contributed by atoms with Crippen LogP contribution in [0.25, 0.3) is 22.9 Å². The number of thiocarbonyl (C=S) groups is 1. The zero-order valence-corrected chi connectivity index (χ0v) is 30.5. The van der Waals surface area contributed by atoms with Crippen molar-refractivity contribution in [1.29, 1.82) is 0 Å². The predicted octanol–water partition coefficient (Wildman–Crippen LogP) is 6.61. The summed E-state index contributed by atoms with van der Waals surface area (Å²) >= 11 is 6.33. The van der Waals surface area contributed by atoms with Gasteiger partial charge in [-0.3, -0.25) is 19.4 Å². The largest absolute Gasteiger partial charge is 0.492 e. The van der Waals surface area contributed by atoms with Crippen molar-refractivity contribution in [3.8, 4) is 22.6 Å². The van der Waals surface area contributed by atoms with Crippen molar-refractivity contribution in [2.75, 3.05) is 51.3 Å². The summed E-state index contributed by atoms with van der Waals surface area (Å²) in [5.41, 5.74) is -2.79. The second kappa shape index (κ2) is 16.8. The smallest absolute Gasteiger partial charge is 0.416 e. The molecular formula is C36H30F6N6O6S2. The third kappa shape index (κ3) is 9.73. The zero-order valence-electron chi connectivity index (χ0n) is 28.9. The van der Waals surface area contributed by atoms with Crippen LogP contribution in [0.3, 0.4) is 0 Å². The van der Waals surface area contributed by atoms with E-state index in [0.29, 0.717) is 50.7 Å². The minimum absolute atomic E-state index is 0.00208. The third-order valence-electron chi connectivity index (χ3n) is 8.61. The molecule has 4 aromatic rings. The molecule has 3 heterocycles. The molecule has 0 atom stereocenters. The first kappa shape index (κ1) is 40.4. The summed E-state index contributed by atoms with van der Waals surface area (Å²) in [6.45, 7) is 2.92. The van der Waals surface area contributed by atoms with Gasteiger partial charge in [-0.25, -0.2) is 14.5 Å². The molecule has 56 heavy (non-hydrogen) atoms. The monoisotopic (exact) mass is 820 g/mol. The van der Waals surface area contributed by atoms with Crippen molar-refractivity contribution in [2.45, 2.75) is 18.8 Å². The molecule has 6 rings (SSSR count). The number of morpholine rings is 1. The number of carbonyl (C=O) groups is 3. The number of alkyl halides is 6. The summed E-state index contributed by atoms with van der Waals surface area (Å²) in [6.07, 6.45) is -6.40. The molecule has 1 aromatic heterocycles. The fourth-order valence-electron chi connectivity index (χ4n) is 5.76. The van der Waals surface area contributed by atoms with E-state index in [1.54, 1.807) is 0 Å². The van der Waals surface area contributed by atoms with Crippen molar-refractivity contribution in [1.82, 2.24) is 24.6 Å². The summed E-state index contributed by atoms with van der Waals surface area (Å²) in [4.78, 5) is 45.5. The number of benzene rings is 3. The maximum absolute atomic E-state index is 13.7. The van der Waals surface area contributed by atoms with E-state index in [2.05, 4.69) is 20.3 Å². The van der Waals surface area contributed by atoms with Crippen LogP contribution in [0.1, 0.15) is 33.5 Å². The van der Waals surface area contributed by atoms with Crippen molar-refractivity contribution >= 4 is 57.8 Å². The first-order valence-electron chi connectivity index (χ1n) is 16.7. The second-order valence-corrected chi connectivity index (χ2v) is 14.0. The van der Waals surface area contributed by atoms with Crippen LogP contribution in [0.5, 0.6) is 5.75 Å². The number of rotatable bonds is 12. The zero-order chi connectivity index (χ0) is 40.2. The Kier molecular flexibility index (Phi) is 12.1. The number of aromatic carboxylic acids is 1. The van der Waals surface area contributed by atoms with Gasteiger partial charge >= 0.3 is 18.3 Å². The lowest BCUT2D eigenvalue weighted by molar-refractivity contribution is -0.143. The Morgan fingerprint density at radius 3 is 2.32 bits per heavy atom. The summed E-state index contributed by atoms with van der Waals surface area (Å²) in [5.74, 6) is -2.21. The van der Waals surface area contributed by atoms with Crippen molar-refractivity contribution in [2.24, 2.45) is 0 Å². The maximum atomic E-state index is 13.7. The molecule has 20 heteroatoms. The number of anilines is 1. The van der Waals surface area contributed by atoms with Crippen LogP contribution >= 0.6 is 24.0 Å². The number of thioether (sulfide) groups is 1. The minimum atomic E-state index is -5.06. The molecule has 0 bridgehead atoms. The van der Waals surface area contributed by atoms with E-state index in [4.69, 9.17) is 21.7 Å². The molecule has 0 saturated carbocycles. The first-order valence-corrected chi connectivity index (χ1v) is 17.9. The highest BCUT2D eigenvalue weighted by Crippen LogP contribution is 2.40. The number of carbonyl (C=O) groups excluding carboxylic acids is 2. The number of ether oxygens (including phenoxy) is 2. The van der Waals surface area contributed by atoms with E-state index in [-0.39, 0.29) is 68.6 Å². The molecule has 0 radical (unpaired) electrons. The lowest BCUT2D eigenvalue weighted by Crippen LogP contribution is -2.38. The fraction of sp³-hybridized carbons (Fsp3) is 0.278. The Balaban J connectivity index is 1.24. The van der Waals surface area contributed by atoms with Gasteiger partial charge in [0.2, 0.25) is 5.91 Å². The van der Waals surface area contributed by atoms with E-state index in [0.717, 1.165) is 11.8 Å². The lowest BCUT2D eigenvalue weighted by Gasteiger charge is -2.26. The predicted molar refractivity (Wildman–Crippen MR) is 196 cm³/mol. The standard InChI is InChI=1S/C36H30F6N6O6S2/c37-35(38,39)25-14-23(15-26(18-25)36(40,41)42)21-2-4-29(54-12-9-46-7-10-53-11-8-46)24(13-21)17-30-32(50)47(34(55)56-30)6-5-31(49)45-27-16-22(33(51)52)1-3-28(27)48-20-43-19-44-48/h1-4,13-20H,5-12H2,(H,45,49)(H,51,52)/b30-17-. The highest BCUT2D eigenvalue weighted by molar-refractivity contribution is 8.26. The first-order chi connectivity index (χ1) is 26.6. The SMILES string of the molecule is O=C(CCN1C(=O)/C(=C/c2cc(-c3cc(C(F)(F)F)cc(C(F)(F)F)c3)ccc2OCCN2CCOCC2)SC1=S)Nc1cc(C(=O)O)ccc1-n1cncn1. The van der Waals surface area contributed by atoms with Crippen LogP contribution in [-0.4, -0.2) is 97.8 Å². The molecule has 2 amide bonds. The number of amides is 2. The van der Waals surface area contributed by atoms with E-state index in [1.807, 2.05) is 0 Å². The number of nitrogens with zero attached hydrogens (tertiary/aromatic N) is 5. The Morgan fingerprint density at radius 1 is 0.964 bits per heavy atom. The van der Waals surface area contributed by atoms with Crippen LogP contribution in [0.4, 0.5) is 32.0 Å². The van der Waals surface area contributed by atoms with Gasteiger partial charge in [0.15, 0.2) is 0 Å². The molecular weight excluding hydrogens is 791 g/mol. The van der Waals surface area contributed by atoms with Gasteiger partial charge in [-0.05, 0) is 65.7 Å². The van der Waals surface area contributed by atoms with E-state index in [1.165, 1.54) is 64.7 Å². The summed E-state index contributed by atoms with van der Waals surface area (Å²) < 4.78 is 95.0. The number of nitrogens with one attached hydrogen (secondary N) is 1. The molecule has 2 fully saturated rings. The van der Waals surface area contributed by atoms with E-state index in [9.17, 15) is 45.8 Å². The molecule has 12 nitrogen and oxygen atoms in total. The van der Waals surface area contributed by atoms with Gasteiger partial charge in [-0.2, -0.15) is 31.4 Å². The highest BCUT2D eigenvalue weighted by atomic mass is 32.2. The second-order valence-electron chi connectivity index (χ2n) is 12.4. The van der Waals surface area contributed by atoms with Gasteiger partial charge < -0.3 is 19.9 Å². The maximum Gasteiger partial charge on any atom is 0.416 e. The van der Waals surface area contributed by atoms with E-state index < -0.39 is 41.3 Å². The summed E-state index contributed by atoms with van der Waals surface area (Å²) in [6, 6.07) is 9.37. The Morgan fingerprint density at radius 2 is 1.68 bits per heavy atom. The van der Waals surface area contributed by atoms with Crippen LogP contribution in [-0.2, 0) is 26.7 Å². The molecule has 2 aliphatic rings. The molecule has 0 unspecified atom stereocenters. The Labute approximate surface area is 324 Å². The van der Waals surface area contributed by atoms with Crippen molar-refractivity contribution in [3.63, 3.8) is 0 Å². The van der Waals surface area contributed by atoms with Gasteiger partial charge in [-0.15, -0.1) is 0 Å². The minimum Gasteiger partial charge on any atom is -0.492 e. The van der Waals surface area contributed by atoms with Crippen LogP contribution in [0.2, 0.25) is 0 Å². The number of carboxylic acids is 1. The van der Waals surface area contributed by atoms with Gasteiger partial charge in [0.25, 0.3) is 5.91 Å². The highest BCUT2D eigenvalue weighted by Gasteiger charge is 2.37. The summed E-state index contributed by atoms with van der Waals surface area (Å²) in [5, 5.41) is 16.1. The molecule has 2 N–H and O–H groups in total. The molecule has 0 aliphatic carbocycles. The molecule has 294 valence electrons. The summed E-state index contributed by atoms with van der Waals surface area (Å²) in [7, 11) is 0. The third-order valence-corrected chi connectivity index (χ3v) is 9.98. The van der Waals surface area contributed by atoms with Gasteiger partial charge in [0, 0.05) is 38.2 Å². The lowest BCUT2D eigenvalue weighted by atomic mass is 9.97. The molecule has 0 spiro atoms. The van der Waals surface area contributed by atoms with Gasteiger partial charge in [-0.1, -0.05) is 30.0 Å².